The van der Waals surface area contributed by atoms with Crippen molar-refractivity contribution in [2.45, 2.75) is 38.8 Å². The molecule has 0 aliphatic carbocycles. The van der Waals surface area contributed by atoms with Gasteiger partial charge in [0.25, 0.3) is 0 Å². The SMILES string of the molecule is CC(C)CN1C(=O)CCC(N)C1c1ccc(Br)cc1. The second kappa shape index (κ2) is 6.06. The van der Waals surface area contributed by atoms with Crippen molar-refractivity contribution in [3.8, 4) is 0 Å². The van der Waals surface area contributed by atoms with Crippen LogP contribution in [0.15, 0.2) is 28.7 Å². The number of hydrogen-bond acceptors (Lipinski definition) is 2. The summed E-state index contributed by atoms with van der Waals surface area (Å²) in [4.78, 5) is 14.1. The normalized spacial score (nSPS) is 24.1. The number of hydrogen-bond donors (Lipinski definition) is 1. The molecule has 0 radical (unpaired) electrons. The number of likely N-dealkylation sites (tertiary alicyclic amines) is 1. The Morgan fingerprint density at radius 2 is 2.00 bits per heavy atom. The zero-order valence-corrected chi connectivity index (χ0v) is 13.1. The van der Waals surface area contributed by atoms with E-state index >= 15 is 0 Å². The van der Waals surface area contributed by atoms with E-state index < -0.39 is 0 Å². The Morgan fingerprint density at radius 1 is 1.37 bits per heavy atom. The molecule has 1 aliphatic heterocycles. The number of amides is 1. The minimum Gasteiger partial charge on any atom is -0.334 e. The maximum Gasteiger partial charge on any atom is 0.223 e. The highest BCUT2D eigenvalue weighted by molar-refractivity contribution is 9.10. The van der Waals surface area contributed by atoms with Gasteiger partial charge in [-0.25, -0.2) is 0 Å². The third-order valence-electron chi connectivity index (χ3n) is 3.53. The molecule has 3 nitrogen and oxygen atoms in total. The van der Waals surface area contributed by atoms with Crippen LogP contribution in [0.4, 0.5) is 0 Å². The van der Waals surface area contributed by atoms with Gasteiger partial charge in [0.15, 0.2) is 0 Å². The molecule has 19 heavy (non-hydrogen) atoms. The maximum absolute atomic E-state index is 12.2. The molecule has 2 atom stereocenters. The standard InChI is InChI=1S/C15H21BrN2O/c1-10(2)9-18-14(19)8-7-13(17)15(18)11-3-5-12(16)6-4-11/h3-6,10,13,15H,7-9,17H2,1-2H3. The molecule has 0 bridgehead atoms. The lowest BCUT2D eigenvalue weighted by Crippen LogP contribution is -2.49. The minimum atomic E-state index is 0.0109. The molecule has 0 saturated carbocycles. The fraction of sp³-hybridized carbons (Fsp3) is 0.533. The van der Waals surface area contributed by atoms with Crippen molar-refractivity contribution in [1.82, 2.24) is 4.90 Å². The summed E-state index contributed by atoms with van der Waals surface area (Å²) in [5.41, 5.74) is 7.40. The zero-order valence-electron chi connectivity index (χ0n) is 11.5. The number of benzene rings is 1. The average molecular weight is 325 g/mol. The lowest BCUT2D eigenvalue weighted by atomic mass is 9.90. The van der Waals surface area contributed by atoms with Crippen LogP contribution >= 0.6 is 15.9 Å². The number of nitrogens with two attached hydrogens (primary N) is 1. The monoisotopic (exact) mass is 324 g/mol. The Hall–Kier alpha value is -0.870. The summed E-state index contributed by atoms with van der Waals surface area (Å²) in [6.45, 7) is 5.03. The molecular formula is C15H21BrN2O. The van der Waals surface area contributed by atoms with Gasteiger partial charge in [-0.3, -0.25) is 4.79 Å². The van der Waals surface area contributed by atoms with Crippen LogP contribution in [0.3, 0.4) is 0 Å². The molecule has 1 heterocycles. The highest BCUT2D eigenvalue weighted by Gasteiger charge is 2.34. The van der Waals surface area contributed by atoms with Gasteiger partial charge in [0.2, 0.25) is 5.91 Å². The summed E-state index contributed by atoms with van der Waals surface area (Å²) in [6, 6.07) is 8.17. The third kappa shape index (κ3) is 3.37. The first kappa shape index (κ1) is 14.5. The molecule has 2 rings (SSSR count). The predicted molar refractivity (Wildman–Crippen MR) is 80.6 cm³/mol. The van der Waals surface area contributed by atoms with Crippen molar-refractivity contribution in [1.29, 1.82) is 0 Å². The molecular weight excluding hydrogens is 304 g/mol. The van der Waals surface area contributed by atoms with Gasteiger partial charge in [-0.2, -0.15) is 0 Å². The minimum absolute atomic E-state index is 0.0109. The number of piperidine rings is 1. The molecule has 1 aromatic carbocycles. The lowest BCUT2D eigenvalue weighted by molar-refractivity contribution is -0.138. The Bertz CT molecular complexity index is 444. The van der Waals surface area contributed by atoms with Gasteiger partial charge in [0.1, 0.15) is 0 Å². The van der Waals surface area contributed by atoms with Crippen LogP contribution in [-0.4, -0.2) is 23.4 Å². The van der Waals surface area contributed by atoms with Gasteiger partial charge >= 0.3 is 0 Å². The van der Waals surface area contributed by atoms with Crippen molar-refractivity contribution in [3.63, 3.8) is 0 Å². The molecule has 0 spiro atoms. The van der Waals surface area contributed by atoms with E-state index in [2.05, 4.69) is 41.9 Å². The molecule has 2 N–H and O–H groups in total. The maximum atomic E-state index is 12.2. The van der Waals surface area contributed by atoms with Crippen LogP contribution in [0, 0.1) is 5.92 Å². The Balaban J connectivity index is 2.30. The number of carbonyl (C=O) groups excluding carboxylic acids is 1. The van der Waals surface area contributed by atoms with Crippen molar-refractivity contribution in [3.05, 3.63) is 34.3 Å². The summed E-state index contributed by atoms with van der Waals surface area (Å²) in [6.07, 6.45) is 1.34. The number of halogens is 1. The molecule has 104 valence electrons. The Morgan fingerprint density at radius 3 is 2.58 bits per heavy atom. The van der Waals surface area contributed by atoms with E-state index in [1.54, 1.807) is 0 Å². The van der Waals surface area contributed by atoms with Gasteiger partial charge in [0, 0.05) is 23.5 Å². The predicted octanol–water partition coefficient (Wildman–Crippen LogP) is 3.10. The number of rotatable bonds is 3. The van der Waals surface area contributed by atoms with Gasteiger partial charge in [-0.1, -0.05) is 41.9 Å². The molecule has 1 amide bonds. The van der Waals surface area contributed by atoms with E-state index in [-0.39, 0.29) is 18.0 Å². The van der Waals surface area contributed by atoms with Crippen molar-refractivity contribution >= 4 is 21.8 Å². The van der Waals surface area contributed by atoms with Crippen LogP contribution in [0.5, 0.6) is 0 Å². The smallest absolute Gasteiger partial charge is 0.223 e. The van der Waals surface area contributed by atoms with Crippen LogP contribution in [-0.2, 0) is 4.79 Å². The van der Waals surface area contributed by atoms with E-state index in [1.807, 2.05) is 17.0 Å². The zero-order chi connectivity index (χ0) is 14.0. The average Bonchev–Trinajstić information content (AvgIpc) is 2.35. The van der Waals surface area contributed by atoms with Crippen molar-refractivity contribution < 1.29 is 4.79 Å². The van der Waals surface area contributed by atoms with Gasteiger partial charge in [0.05, 0.1) is 6.04 Å². The molecule has 1 saturated heterocycles. The summed E-state index contributed by atoms with van der Waals surface area (Å²) in [5, 5.41) is 0. The van der Waals surface area contributed by atoms with Gasteiger partial charge < -0.3 is 10.6 Å². The summed E-state index contributed by atoms with van der Waals surface area (Å²) in [7, 11) is 0. The molecule has 4 heteroatoms. The lowest BCUT2D eigenvalue weighted by Gasteiger charge is -2.41. The van der Waals surface area contributed by atoms with Crippen LogP contribution in [0.25, 0.3) is 0 Å². The first-order valence-electron chi connectivity index (χ1n) is 6.79. The van der Waals surface area contributed by atoms with E-state index in [0.717, 1.165) is 23.0 Å². The molecule has 1 aromatic rings. The summed E-state index contributed by atoms with van der Waals surface area (Å²) < 4.78 is 1.04. The Labute approximate surface area is 123 Å². The van der Waals surface area contributed by atoms with Gasteiger partial charge in [-0.15, -0.1) is 0 Å². The number of nitrogens with zero attached hydrogens (tertiary/aromatic N) is 1. The summed E-state index contributed by atoms with van der Waals surface area (Å²) in [5.74, 6) is 0.676. The number of carbonyl (C=O) groups is 1. The Kier molecular flexibility index (Phi) is 4.63. The first-order chi connectivity index (χ1) is 8.99. The van der Waals surface area contributed by atoms with E-state index in [1.165, 1.54) is 0 Å². The highest BCUT2D eigenvalue weighted by atomic mass is 79.9. The second-order valence-corrected chi connectivity index (χ2v) is 6.55. The highest BCUT2D eigenvalue weighted by Crippen LogP contribution is 2.32. The molecule has 1 aliphatic rings. The summed E-state index contributed by atoms with van der Waals surface area (Å²) >= 11 is 3.44. The van der Waals surface area contributed by atoms with Crippen molar-refractivity contribution in [2.24, 2.45) is 11.7 Å². The van der Waals surface area contributed by atoms with Crippen LogP contribution in [0.1, 0.15) is 38.3 Å². The third-order valence-corrected chi connectivity index (χ3v) is 4.06. The second-order valence-electron chi connectivity index (χ2n) is 5.64. The fourth-order valence-electron chi connectivity index (χ4n) is 2.67. The first-order valence-corrected chi connectivity index (χ1v) is 7.59. The van der Waals surface area contributed by atoms with Crippen LogP contribution in [0.2, 0.25) is 0 Å². The topological polar surface area (TPSA) is 46.3 Å². The fourth-order valence-corrected chi connectivity index (χ4v) is 2.94. The quantitative estimate of drug-likeness (QED) is 0.928. The van der Waals surface area contributed by atoms with E-state index in [9.17, 15) is 4.79 Å². The van der Waals surface area contributed by atoms with E-state index in [4.69, 9.17) is 5.73 Å². The molecule has 0 aromatic heterocycles. The van der Waals surface area contributed by atoms with Crippen molar-refractivity contribution in [2.75, 3.05) is 6.54 Å². The largest absolute Gasteiger partial charge is 0.334 e. The van der Waals surface area contributed by atoms with E-state index in [0.29, 0.717) is 12.3 Å². The van der Waals surface area contributed by atoms with Crippen LogP contribution < -0.4 is 5.73 Å². The van der Waals surface area contributed by atoms with Gasteiger partial charge in [-0.05, 0) is 30.0 Å². The molecule has 2 unspecified atom stereocenters. The molecule has 1 fully saturated rings.